The van der Waals surface area contributed by atoms with E-state index >= 15 is 8.63 Å². The van der Waals surface area contributed by atoms with Crippen LogP contribution in [-0.4, -0.2) is 28.7 Å². The maximum atomic E-state index is 15.6. The molecule has 0 bridgehead atoms. The SMILES string of the molecule is CNc1ccccc1C1=C2C(C)=CC(C)=[N+]2[B-](F)(F)n2c(C)cc(C)c21. The van der Waals surface area contributed by atoms with Gasteiger partial charge >= 0.3 is 6.97 Å². The number of halogens is 2. The first-order valence-corrected chi connectivity index (χ1v) is 8.83. The van der Waals surface area contributed by atoms with Crippen LogP contribution in [-0.2, 0) is 0 Å². The summed E-state index contributed by atoms with van der Waals surface area (Å²) >= 11 is 0. The zero-order valence-corrected chi connectivity index (χ0v) is 15.7. The highest BCUT2D eigenvalue weighted by Gasteiger charge is 2.55. The Morgan fingerprint density at radius 1 is 1.08 bits per heavy atom. The van der Waals surface area contributed by atoms with Crippen LogP contribution >= 0.6 is 0 Å². The van der Waals surface area contributed by atoms with Crippen molar-refractivity contribution in [3.63, 3.8) is 0 Å². The first kappa shape index (κ1) is 16.8. The van der Waals surface area contributed by atoms with Crippen molar-refractivity contribution >= 4 is 23.9 Å². The molecule has 0 aliphatic carbocycles. The smallest absolute Gasteiger partial charge is 0.393 e. The topological polar surface area (TPSA) is 20.0 Å². The summed E-state index contributed by atoms with van der Waals surface area (Å²) in [4.78, 5) is 0. The second kappa shape index (κ2) is 5.43. The number of benzene rings is 1. The van der Waals surface area contributed by atoms with Gasteiger partial charge in [-0.3, -0.25) is 0 Å². The molecule has 0 saturated carbocycles. The summed E-state index contributed by atoms with van der Waals surface area (Å²) in [6.45, 7) is 3.40. The summed E-state index contributed by atoms with van der Waals surface area (Å²) in [5, 5.41) is 3.21. The molecular formula is C20H22BF2N3. The van der Waals surface area contributed by atoms with Crippen molar-refractivity contribution in [3.8, 4) is 0 Å². The molecule has 2 aliphatic rings. The van der Waals surface area contributed by atoms with E-state index in [4.69, 9.17) is 0 Å². The Bertz CT molecular complexity index is 1040. The number of aromatic nitrogens is 1. The van der Waals surface area contributed by atoms with Crippen LogP contribution in [0.4, 0.5) is 14.3 Å². The van der Waals surface area contributed by atoms with Gasteiger partial charge in [-0.25, -0.2) is 0 Å². The van der Waals surface area contributed by atoms with Gasteiger partial charge < -0.3 is 22.9 Å². The van der Waals surface area contributed by atoms with Crippen LogP contribution in [0.1, 0.15) is 36.4 Å². The molecule has 2 aliphatic heterocycles. The summed E-state index contributed by atoms with van der Waals surface area (Å²) in [7, 11) is 1.86. The Labute approximate surface area is 152 Å². The fraction of sp³-hybridized carbons (Fsp3) is 0.250. The molecule has 2 aromatic rings. The van der Waals surface area contributed by atoms with E-state index in [1.165, 1.54) is 8.96 Å². The molecule has 26 heavy (non-hydrogen) atoms. The molecule has 0 unspecified atom stereocenters. The van der Waals surface area contributed by atoms with Gasteiger partial charge in [0, 0.05) is 42.6 Å². The molecule has 4 rings (SSSR count). The van der Waals surface area contributed by atoms with Gasteiger partial charge in [-0.1, -0.05) is 18.2 Å². The Morgan fingerprint density at radius 2 is 1.77 bits per heavy atom. The highest BCUT2D eigenvalue weighted by molar-refractivity contribution is 6.58. The lowest BCUT2D eigenvalue weighted by molar-refractivity contribution is -0.363. The zero-order chi connectivity index (χ0) is 18.8. The molecule has 3 nitrogen and oxygen atoms in total. The van der Waals surface area contributed by atoms with E-state index in [1.54, 1.807) is 13.8 Å². The van der Waals surface area contributed by atoms with Gasteiger partial charge in [-0.05, 0) is 44.2 Å². The zero-order valence-electron chi connectivity index (χ0n) is 15.7. The van der Waals surface area contributed by atoms with Crippen molar-refractivity contribution in [2.75, 3.05) is 12.4 Å². The molecule has 0 atom stereocenters. The maximum Gasteiger partial charge on any atom is 0.737 e. The van der Waals surface area contributed by atoms with Crippen LogP contribution in [0.2, 0.25) is 0 Å². The predicted molar refractivity (Wildman–Crippen MR) is 104 cm³/mol. The Kier molecular flexibility index (Phi) is 3.52. The molecule has 0 spiro atoms. The number of nitrogens with one attached hydrogen (secondary N) is 1. The maximum absolute atomic E-state index is 15.6. The highest BCUT2D eigenvalue weighted by atomic mass is 19.2. The van der Waals surface area contributed by atoms with Crippen LogP contribution in [0, 0.1) is 13.8 Å². The lowest BCUT2D eigenvalue weighted by Crippen LogP contribution is -2.51. The van der Waals surface area contributed by atoms with Crippen molar-refractivity contribution in [1.82, 2.24) is 4.48 Å². The fourth-order valence-corrected chi connectivity index (χ4v) is 4.47. The Morgan fingerprint density at radius 3 is 2.46 bits per heavy atom. The van der Waals surface area contributed by atoms with E-state index in [0.717, 1.165) is 28.0 Å². The molecule has 1 N–H and O–H groups in total. The first-order valence-electron chi connectivity index (χ1n) is 8.83. The third kappa shape index (κ3) is 2.01. The summed E-state index contributed by atoms with van der Waals surface area (Å²) in [5.74, 6) is 0. The average molecular weight is 353 g/mol. The van der Waals surface area contributed by atoms with E-state index in [2.05, 4.69) is 5.32 Å². The first-order chi connectivity index (χ1) is 12.3. The number of allylic oxidation sites excluding steroid dienone is 2. The molecule has 6 heteroatoms. The summed E-state index contributed by atoms with van der Waals surface area (Å²) in [6, 6.07) is 9.72. The summed E-state index contributed by atoms with van der Waals surface area (Å²) in [5.41, 5.74) is 6.85. The normalized spacial score (nSPS) is 18.0. The number of para-hydroxylation sites is 1. The number of rotatable bonds is 2. The number of hydrogen-bond acceptors (Lipinski definition) is 1. The lowest BCUT2D eigenvalue weighted by Gasteiger charge is -2.34. The second-order valence-corrected chi connectivity index (χ2v) is 7.13. The predicted octanol–water partition coefficient (Wildman–Crippen LogP) is 4.58. The largest absolute Gasteiger partial charge is 0.737 e. The van der Waals surface area contributed by atoms with E-state index in [-0.39, 0.29) is 0 Å². The minimum Gasteiger partial charge on any atom is -0.393 e. The van der Waals surface area contributed by atoms with Gasteiger partial charge in [-0.15, -0.1) is 0 Å². The number of anilines is 1. The molecule has 1 aromatic heterocycles. The lowest BCUT2D eigenvalue weighted by atomic mass is 9.83. The third-order valence-corrected chi connectivity index (χ3v) is 5.40. The van der Waals surface area contributed by atoms with E-state index in [9.17, 15) is 0 Å². The molecule has 3 heterocycles. The van der Waals surface area contributed by atoms with E-state index in [1.807, 2.05) is 57.3 Å². The molecular weight excluding hydrogens is 331 g/mol. The molecule has 0 amide bonds. The monoisotopic (exact) mass is 353 g/mol. The van der Waals surface area contributed by atoms with Gasteiger partial charge in [0.15, 0.2) is 5.70 Å². The number of hydrogen-bond donors (Lipinski definition) is 1. The third-order valence-electron chi connectivity index (χ3n) is 5.40. The van der Waals surface area contributed by atoms with Crippen molar-refractivity contribution in [2.45, 2.75) is 27.7 Å². The van der Waals surface area contributed by atoms with E-state index < -0.39 is 6.97 Å². The minimum absolute atomic E-state index is 0.582. The molecule has 134 valence electrons. The van der Waals surface area contributed by atoms with Gasteiger partial charge in [0.2, 0.25) is 0 Å². The average Bonchev–Trinajstić information content (AvgIpc) is 3.05. The molecule has 0 radical (unpaired) electrons. The van der Waals surface area contributed by atoms with Crippen molar-refractivity contribution in [2.24, 2.45) is 0 Å². The van der Waals surface area contributed by atoms with Gasteiger partial charge in [0.05, 0.1) is 5.57 Å². The van der Waals surface area contributed by atoms with Crippen LogP contribution < -0.4 is 5.32 Å². The summed E-state index contributed by atoms with van der Waals surface area (Å²) < 4.78 is 33.6. The van der Waals surface area contributed by atoms with Crippen molar-refractivity contribution in [3.05, 3.63) is 70.2 Å². The van der Waals surface area contributed by atoms with Gasteiger partial charge in [0.25, 0.3) is 0 Å². The highest BCUT2D eigenvalue weighted by Crippen LogP contribution is 2.45. The standard InChI is InChI=1S/C20H22BF2N3/c1-12-10-14(3)25-19(12)18(16-8-6-7-9-17(16)24-5)20-13(2)11-15(4)26(20)21(25,22)23/h6-11,24H,1-5H3. The van der Waals surface area contributed by atoms with Gasteiger partial charge in [0.1, 0.15) is 5.71 Å². The number of nitrogens with zero attached hydrogens (tertiary/aromatic N) is 2. The summed E-state index contributed by atoms with van der Waals surface area (Å²) in [6.07, 6.45) is 1.85. The van der Waals surface area contributed by atoms with Crippen LogP contribution in [0.15, 0.2) is 47.7 Å². The molecule has 0 saturated heterocycles. The van der Waals surface area contributed by atoms with Crippen molar-refractivity contribution in [1.29, 1.82) is 0 Å². The fourth-order valence-electron chi connectivity index (χ4n) is 4.47. The Balaban J connectivity index is 2.20. The van der Waals surface area contributed by atoms with Crippen molar-refractivity contribution < 1.29 is 13.1 Å². The second-order valence-electron chi connectivity index (χ2n) is 7.13. The van der Waals surface area contributed by atoms with E-state index in [0.29, 0.717) is 22.8 Å². The quantitative estimate of drug-likeness (QED) is 0.784. The Hall–Kier alpha value is -2.63. The van der Waals surface area contributed by atoms with Crippen LogP contribution in [0.25, 0.3) is 5.57 Å². The minimum atomic E-state index is -3.93. The molecule has 0 fully saturated rings. The van der Waals surface area contributed by atoms with Crippen LogP contribution in [0.5, 0.6) is 0 Å². The van der Waals surface area contributed by atoms with Crippen LogP contribution in [0.3, 0.4) is 0 Å². The van der Waals surface area contributed by atoms with Gasteiger partial charge in [-0.2, -0.15) is 0 Å². The number of aryl methyl sites for hydroxylation is 2. The number of fused-ring (bicyclic) bond motifs is 2. The molecule has 1 aromatic carbocycles.